The average Bonchev–Trinajstić information content (AvgIpc) is 2.94. The summed E-state index contributed by atoms with van der Waals surface area (Å²) < 4.78 is 32.0. The molecule has 1 fully saturated rings. The number of aromatic nitrogens is 2. The van der Waals surface area contributed by atoms with Gasteiger partial charge in [-0.25, -0.2) is 8.78 Å². The van der Waals surface area contributed by atoms with Crippen LogP contribution < -0.4 is 5.32 Å². The molecule has 0 bridgehead atoms. The smallest absolute Gasteiger partial charge is 0.244 e. The Labute approximate surface area is 129 Å². The summed E-state index contributed by atoms with van der Waals surface area (Å²) in [5.41, 5.74) is 0.368. The summed E-state index contributed by atoms with van der Waals surface area (Å²) >= 11 is 3.03. The Balaban J connectivity index is 1.90. The highest BCUT2D eigenvalue weighted by molar-refractivity contribution is 9.10. The first-order valence-electron chi connectivity index (χ1n) is 6.77. The second-order valence-corrected chi connectivity index (χ2v) is 6.11. The molecule has 1 aliphatic heterocycles. The Bertz CT molecular complexity index is 662. The maximum absolute atomic E-state index is 13.6. The summed E-state index contributed by atoms with van der Waals surface area (Å²) in [6, 6.07) is 2.49. The SMILES string of the molecule is CC1CCNC(c2nc(-c3ccc(F)c(F)c3Br)no2)C1. The molecule has 0 radical (unpaired) electrons. The molecule has 1 aromatic carbocycles. The second-order valence-electron chi connectivity index (χ2n) is 5.32. The molecular formula is C14H14BrF2N3O. The maximum Gasteiger partial charge on any atom is 0.244 e. The van der Waals surface area contributed by atoms with Crippen LogP contribution in [0.3, 0.4) is 0 Å². The van der Waals surface area contributed by atoms with E-state index in [9.17, 15) is 8.78 Å². The fraction of sp³-hybridized carbons (Fsp3) is 0.429. The number of nitrogens with one attached hydrogen (secondary N) is 1. The van der Waals surface area contributed by atoms with Crippen LogP contribution >= 0.6 is 15.9 Å². The normalized spacial score (nSPS) is 22.5. The predicted molar refractivity (Wildman–Crippen MR) is 76.5 cm³/mol. The molecule has 2 atom stereocenters. The largest absolute Gasteiger partial charge is 0.337 e. The van der Waals surface area contributed by atoms with Gasteiger partial charge >= 0.3 is 0 Å². The van der Waals surface area contributed by atoms with Gasteiger partial charge in [0, 0.05) is 5.56 Å². The van der Waals surface area contributed by atoms with Gasteiger partial charge in [-0.2, -0.15) is 4.98 Å². The highest BCUT2D eigenvalue weighted by Gasteiger charge is 2.25. The van der Waals surface area contributed by atoms with E-state index in [4.69, 9.17) is 4.52 Å². The van der Waals surface area contributed by atoms with E-state index in [2.05, 4.69) is 38.3 Å². The quantitative estimate of drug-likeness (QED) is 0.829. The van der Waals surface area contributed by atoms with Gasteiger partial charge in [0.25, 0.3) is 0 Å². The molecule has 0 amide bonds. The van der Waals surface area contributed by atoms with Gasteiger partial charge in [-0.05, 0) is 53.4 Å². The molecule has 2 unspecified atom stereocenters. The molecule has 0 spiro atoms. The molecule has 1 aliphatic rings. The number of nitrogens with zero attached hydrogens (tertiary/aromatic N) is 2. The van der Waals surface area contributed by atoms with Crippen LogP contribution in [0.5, 0.6) is 0 Å². The van der Waals surface area contributed by atoms with Gasteiger partial charge in [0.1, 0.15) is 0 Å². The van der Waals surface area contributed by atoms with E-state index in [1.807, 2.05) is 0 Å². The third-order valence-electron chi connectivity index (χ3n) is 3.68. The van der Waals surface area contributed by atoms with Crippen LogP contribution in [0, 0.1) is 17.6 Å². The third kappa shape index (κ3) is 2.85. The van der Waals surface area contributed by atoms with E-state index in [1.54, 1.807) is 0 Å². The molecule has 0 aliphatic carbocycles. The molecule has 3 rings (SSSR count). The molecule has 21 heavy (non-hydrogen) atoms. The second kappa shape index (κ2) is 5.81. The zero-order valence-electron chi connectivity index (χ0n) is 11.4. The molecule has 4 nitrogen and oxygen atoms in total. The van der Waals surface area contributed by atoms with Crippen molar-refractivity contribution in [3.63, 3.8) is 0 Å². The van der Waals surface area contributed by atoms with E-state index in [0.29, 0.717) is 17.4 Å². The predicted octanol–water partition coefficient (Wildman–Crippen LogP) is 3.84. The number of piperidine rings is 1. The van der Waals surface area contributed by atoms with E-state index < -0.39 is 11.6 Å². The molecule has 2 aromatic rings. The minimum atomic E-state index is -0.955. The van der Waals surface area contributed by atoms with Gasteiger partial charge in [-0.15, -0.1) is 0 Å². The van der Waals surface area contributed by atoms with Gasteiger partial charge in [0.05, 0.1) is 10.5 Å². The van der Waals surface area contributed by atoms with E-state index >= 15 is 0 Å². The number of rotatable bonds is 2. The van der Waals surface area contributed by atoms with Gasteiger partial charge in [-0.3, -0.25) is 0 Å². The Morgan fingerprint density at radius 1 is 1.38 bits per heavy atom. The number of hydrogen-bond donors (Lipinski definition) is 1. The zero-order chi connectivity index (χ0) is 15.0. The van der Waals surface area contributed by atoms with Gasteiger partial charge in [0.2, 0.25) is 11.7 Å². The maximum atomic E-state index is 13.6. The molecule has 1 aromatic heterocycles. The summed E-state index contributed by atoms with van der Waals surface area (Å²) in [6.45, 7) is 3.08. The number of halogens is 3. The average molecular weight is 358 g/mol. The van der Waals surface area contributed by atoms with Gasteiger partial charge in [-0.1, -0.05) is 12.1 Å². The lowest BCUT2D eigenvalue weighted by molar-refractivity contribution is 0.260. The van der Waals surface area contributed by atoms with Crippen molar-refractivity contribution in [2.45, 2.75) is 25.8 Å². The van der Waals surface area contributed by atoms with Crippen LogP contribution in [-0.2, 0) is 0 Å². The lowest BCUT2D eigenvalue weighted by Crippen LogP contribution is -2.30. The minimum Gasteiger partial charge on any atom is -0.337 e. The van der Waals surface area contributed by atoms with Crippen LogP contribution in [0.1, 0.15) is 31.7 Å². The van der Waals surface area contributed by atoms with Crippen molar-refractivity contribution >= 4 is 15.9 Å². The topological polar surface area (TPSA) is 51.0 Å². The van der Waals surface area contributed by atoms with Crippen molar-refractivity contribution in [1.82, 2.24) is 15.5 Å². The molecule has 1 saturated heterocycles. The van der Waals surface area contributed by atoms with Crippen molar-refractivity contribution in [3.05, 3.63) is 34.1 Å². The first-order valence-corrected chi connectivity index (χ1v) is 7.56. The van der Waals surface area contributed by atoms with E-state index in [-0.39, 0.29) is 16.3 Å². The summed E-state index contributed by atoms with van der Waals surface area (Å²) in [5, 5.41) is 7.20. The highest BCUT2D eigenvalue weighted by atomic mass is 79.9. The van der Waals surface area contributed by atoms with E-state index in [1.165, 1.54) is 6.07 Å². The van der Waals surface area contributed by atoms with Crippen LogP contribution in [0.4, 0.5) is 8.78 Å². The van der Waals surface area contributed by atoms with Crippen LogP contribution in [0.15, 0.2) is 21.1 Å². The number of benzene rings is 1. The summed E-state index contributed by atoms with van der Waals surface area (Å²) in [7, 11) is 0. The van der Waals surface area contributed by atoms with Crippen LogP contribution in [0.2, 0.25) is 0 Å². The van der Waals surface area contributed by atoms with Gasteiger partial charge in [0.15, 0.2) is 11.6 Å². The monoisotopic (exact) mass is 357 g/mol. The van der Waals surface area contributed by atoms with Crippen molar-refractivity contribution in [2.75, 3.05) is 6.54 Å². The van der Waals surface area contributed by atoms with Crippen LogP contribution in [0.25, 0.3) is 11.4 Å². The van der Waals surface area contributed by atoms with Crippen molar-refractivity contribution < 1.29 is 13.3 Å². The van der Waals surface area contributed by atoms with Crippen LogP contribution in [-0.4, -0.2) is 16.7 Å². The highest BCUT2D eigenvalue weighted by Crippen LogP contribution is 2.32. The lowest BCUT2D eigenvalue weighted by Gasteiger charge is -2.25. The standard InChI is InChI=1S/C14H14BrF2N3O/c1-7-4-5-18-10(6-7)14-19-13(20-21-14)8-2-3-9(16)12(17)11(8)15/h2-3,7,10,18H,4-6H2,1H3. The van der Waals surface area contributed by atoms with Gasteiger partial charge < -0.3 is 9.84 Å². The molecule has 7 heteroatoms. The fourth-order valence-corrected chi connectivity index (χ4v) is 2.98. The zero-order valence-corrected chi connectivity index (χ0v) is 13.0. The third-order valence-corrected chi connectivity index (χ3v) is 4.46. The van der Waals surface area contributed by atoms with Crippen molar-refractivity contribution in [1.29, 1.82) is 0 Å². The molecule has 112 valence electrons. The van der Waals surface area contributed by atoms with Crippen molar-refractivity contribution in [2.24, 2.45) is 5.92 Å². The molecular weight excluding hydrogens is 344 g/mol. The number of hydrogen-bond acceptors (Lipinski definition) is 4. The van der Waals surface area contributed by atoms with Crippen molar-refractivity contribution in [3.8, 4) is 11.4 Å². The Hall–Kier alpha value is -1.34. The summed E-state index contributed by atoms with van der Waals surface area (Å²) in [5.74, 6) is -0.564. The summed E-state index contributed by atoms with van der Waals surface area (Å²) in [4.78, 5) is 4.31. The Morgan fingerprint density at radius 2 is 2.19 bits per heavy atom. The minimum absolute atomic E-state index is 0.000165. The fourth-order valence-electron chi connectivity index (χ4n) is 2.48. The first-order chi connectivity index (χ1) is 10.1. The molecule has 0 saturated carbocycles. The Morgan fingerprint density at radius 3 is 2.95 bits per heavy atom. The Kier molecular flexibility index (Phi) is 4.03. The molecule has 1 N–H and O–H groups in total. The molecule has 2 heterocycles. The lowest BCUT2D eigenvalue weighted by atomic mass is 9.94. The first kappa shape index (κ1) is 14.6. The summed E-state index contributed by atoms with van der Waals surface area (Å²) in [6.07, 6.45) is 2.03. The van der Waals surface area contributed by atoms with E-state index in [0.717, 1.165) is 25.5 Å².